The average molecular weight is 501 g/mol. The van der Waals surface area contributed by atoms with Gasteiger partial charge in [-0.3, -0.25) is 9.98 Å². The second-order valence-electron chi connectivity index (χ2n) is 8.30. The molecule has 0 saturated carbocycles. The van der Waals surface area contributed by atoms with Gasteiger partial charge in [0.25, 0.3) is 0 Å². The number of halogens is 1. The Bertz CT molecular complexity index is 1310. The van der Waals surface area contributed by atoms with E-state index < -0.39 is 5.82 Å². The first-order valence-corrected chi connectivity index (χ1v) is 11.8. The van der Waals surface area contributed by atoms with Crippen molar-refractivity contribution in [1.29, 1.82) is 0 Å². The number of pyridine rings is 1. The Labute approximate surface area is 215 Å². The number of ether oxygens (including phenoxy) is 1. The molecule has 0 spiro atoms. The smallest absolute Gasteiger partial charge is 0.245 e. The molecule has 1 fully saturated rings. The molecule has 0 amide bonds. The Morgan fingerprint density at radius 2 is 1.95 bits per heavy atom. The number of aliphatic imine (C=N–C) groups is 1. The van der Waals surface area contributed by atoms with Gasteiger partial charge in [0.2, 0.25) is 5.95 Å². The zero-order chi connectivity index (χ0) is 26.0. The van der Waals surface area contributed by atoms with Gasteiger partial charge in [0.15, 0.2) is 11.6 Å². The van der Waals surface area contributed by atoms with Crippen LogP contribution in [0.4, 0.5) is 27.5 Å². The minimum absolute atomic E-state index is 0.200. The SMILES string of the molecule is C=C/C(C)=C\N=C(C)c1cccc(Nc2ccc(/C=N/Nc3ncc(F)c(N4CCOCC4)n3)nc2)c1. The first kappa shape index (κ1) is 25.6. The van der Waals surface area contributed by atoms with E-state index in [9.17, 15) is 4.39 Å². The van der Waals surface area contributed by atoms with E-state index in [0.29, 0.717) is 32.0 Å². The van der Waals surface area contributed by atoms with Gasteiger partial charge in [-0.2, -0.15) is 10.1 Å². The van der Waals surface area contributed by atoms with Crippen molar-refractivity contribution in [3.63, 3.8) is 0 Å². The van der Waals surface area contributed by atoms with Crippen molar-refractivity contribution in [1.82, 2.24) is 15.0 Å². The van der Waals surface area contributed by atoms with Crippen molar-refractivity contribution >= 4 is 35.1 Å². The number of hydrogen-bond donors (Lipinski definition) is 2. The lowest BCUT2D eigenvalue weighted by Gasteiger charge is -2.27. The number of nitrogens with one attached hydrogen (secondary N) is 2. The topological polar surface area (TPSA) is 99.9 Å². The highest BCUT2D eigenvalue weighted by atomic mass is 19.1. The van der Waals surface area contributed by atoms with Gasteiger partial charge in [0.1, 0.15) is 0 Å². The highest BCUT2D eigenvalue weighted by molar-refractivity contribution is 6.00. The fourth-order valence-corrected chi connectivity index (χ4v) is 3.44. The number of allylic oxidation sites excluding steroid dienone is 2. The van der Waals surface area contributed by atoms with Gasteiger partial charge in [-0.15, -0.1) is 0 Å². The zero-order valence-electron chi connectivity index (χ0n) is 20.9. The third-order valence-corrected chi connectivity index (χ3v) is 5.54. The van der Waals surface area contributed by atoms with Crippen molar-refractivity contribution < 1.29 is 9.13 Å². The molecule has 9 nitrogen and oxygen atoms in total. The molecule has 0 unspecified atom stereocenters. The van der Waals surface area contributed by atoms with Crippen LogP contribution in [0.5, 0.6) is 0 Å². The second-order valence-corrected chi connectivity index (χ2v) is 8.30. The molecule has 2 N–H and O–H groups in total. The number of anilines is 4. The molecule has 3 heterocycles. The van der Waals surface area contributed by atoms with E-state index in [1.54, 1.807) is 24.7 Å². The minimum Gasteiger partial charge on any atom is -0.378 e. The van der Waals surface area contributed by atoms with Gasteiger partial charge in [-0.1, -0.05) is 24.8 Å². The fourth-order valence-electron chi connectivity index (χ4n) is 3.44. The van der Waals surface area contributed by atoms with Gasteiger partial charge in [-0.05, 0) is 49.2 Å². The van der Waals surface area contributed by atoms with E-state index >= 15 is 0 Å². The number of benzene rings is 1. The van der Waals surface area contributed by atoms with Crippen LogP contribution in [0.3, 0.4) is 0 Å². The van der Waals surface area contributed by atoms with Crippen LogP contribution in [0.15, 0.2) is 83.3 Å². The molecule has 3 aromatic rings. The largest absolute Gasteiger partial charge is 0.378 e. The average Bonchev–Trinajstić information content (AvgIpc) is 2.94. The van der Waals surface area contributed by atoms with E-state index in [0.717, 1.165) is 34.4 Å². The minimum atomic E-state index is -0.478. The second kappa shape index (κ2) is 12.5. The summed E-state index contributed by atoms with van der Waals surface area (Å²) in [5, 5.41) is 7.48. The van der Waals surface area contributed by atoms with Crippen LogP contribution in [-0.2, 0) is 4.74 Å². The Balaban J connectivity index is 1.36. The van der Waals surface area contributed by atoms with Crippen LogP contribution in [0, 0.1) is 5.82 Å². The van der Waals surface area contributed by atoms with E-state index in [2.05, 4.69) is 42.4 Å². The summed E-state index contributed by atoms with van der Waals surface area (Å²) in [7, 11) is 0. The van der Waals surface area contributed by atoms with Crippen LogP contribution in [-0.4, -0.2) is 53.2 Å². The summed E-state index contributed by atoms with van der Waals surface area (Å²) < 4.78 is 19.5. The molecule has 1 aliphatic heterocycles. The number of hydrogen-bond acceptors (Lipinski definition) is 9. The molecule has 190 valence electrons. The molecule has 4 rings (SSSR count). The van der Waals surface area contributed by atoms with Gasteiger partial charge in [-0.25, -0.2) is 14.8 Å². The molecule has 0 bridgehead atoms. The standard InChI is InChI=1S/C27H29FN8O/c1-4-19(2)15-29-20(3)21-6-5-7-22(14-21)33-24-9-8-23(30-16-24)17-32-35-27-31-18-25(28)26(34-27)36-10-12-37-13-11-36/h4-9,14-18,33H,1,10-13H2,2-3H3,(H,31,34,35)/b19-15-,29-20?,32-17+. The normalized spacial score (nSPS) is 14.6. The molecule has 0 radical (unpaired) electrons. The lowest BCUT2D eigenvalue weighted by Crippen LogP contribution is -2.37. The lowest BCUT2D eigenvalue weighted by molar-refractivity contribution is 0.122. The third kappa shape index (κ3) is 7.28. The molecular weight excluding hydrogens is 471 g/mol. The van der Waals surface area contributed by atoms with E-state index in [1.807, 2.05) is 55.1 Å². The molecule has 1 aromatic carbocycles. The van der Waals surface area contributed by atoms with Crippen LogP contribution in [0.1, 0.15) is 25.1 Å². The van der Waals surface area contributed by atoms with Crippen molar-refractivity contribution in [2.75, 3.05) is 41.9 Å². The third-order valence-electron chi connectivity index (χ3n) is 5.54. The number of aromatic nitrogens is 3. The maximum absolute atomic E-state index is 14.2. The van der Waals surface area contributed by atoms with Crippen molar-refractivity contribution in [3.8, 4) is 0 Å². The fraction of sp³-hybridized carbons (Fsp3) is 0.222. The molecule has 10 heteroatoms. The highest BCUT2D eigenvalue weighted by Crippen LogP contribution is 2.19. The maximum atomic E-state index is 14.2. The predicted molar refractivity (Wildman–Crippen MR) is 146 cm³/mol. The Kier molecular flexibility index (Phi) is 8.66. The molecule has 0 atom stereocenters. The molecular formula is C27H29FN8O. The van der Waals surface area contributed by atoms with Crippen LogP contribution in [0.2, 0.25) is 0 Å². The van der Waals surface area contributed by atoms with Gasteiger partial charge < -0.3 is 15.0 Å². The summed E-state index contributed by atoms with van der Waals surface area (Å²) in [4.78, 5) is 18.9. The Morgan fingerprint density at radius 1 is 1.11 bits per heavy atom. The van der Waals surface area contributed by atoms with E-state index in [4.69, 9.17) is 4.74 Å². The van der Waals surface area contributed by atoms with Crippen molar-refractivity contribution in [2.45, 2.75) is 13.8 Å². The molecule has 0 aliphatic carbocycles. The van der Waals surface area contributed by atoms with Gasteiger partial charge in [0.05, 0.1) is 43.2 Å². The summed E-state index contributed by atoms with van der Waals surface area (Å²) in [5.41, 5.74) is 8.05. The van der Waals surface area contributed by atoms with Gasteiger partial charge >= 0.3 is 0 Å². The number of nitrogens with zero attached hydrogens (tertiary/aromatic N) is 6. The van der Waals surface area contributed by atoms with Crippen LogP contribution >= 0.6 is 0 Å². The number of rotatable bonds is 9. The summed E-state index contributed by atoms with van der Waals surface area (Å²) in [6.07, 6.45) is 7.97. The quantitative estimate of drug-likeness (QED) is 0.244. The van der Waals surface area contributed by atoms with Crippen LogP contribution < -0.4 is 15.6 Å². The monoisotopic (exact) mass is 500 g/mol. The zero-order valence-corrected chi connectivity index (χ0v) is 20.9. The summed E-state index contributed by atoms with van der Waals surface area (Å²) in [5.74, 6) is -0.0430. The molecule has 1 aliphatic rings. The Morgan fingerprint density at radius 3 is 2.70 bits per heavy atom. The van der Waals surface area contributed by atoms with E-state index in [-0.39, 0.29) is 11.8 Å². The van der Waals surface area contributed by atoms with Crippen molar-refractivity contribution in [2.24, 2.45) is 10.1 Å². The maximum Gasteiger partial charge on any atom is 0.245 e. The number of morpholine rings is 1. The first-order valence-electron chi connectivity index (χ1n) is 11.8. The van der Waals surface area contributed by atoms with Gasteiger partial charge in [0, 0.05) is 30.7 Å². The predicted octanol–water partition coefficient (Wildman–Crippen LogP) is 4.94. The number of hydrazone groups is 1. The molecule has 37 heavy (non-hydrogen) atoms. The lowest BCUT2D eigenvalue weighted by atomic mass is 10.1. The first-order chi connectivity index (χ1) is 18.0. The summed E-state index contributed by atoms with van der Waals surface area (Å²) >= 11 is 0. The summed E-state index contributed by atoms with van der Waals surface area (Å²) in [6.45, 7) is 9.89. The molecule has 1 saturated heterocycles. The van der Waals surface area contributed by atoms with Crippen LogP contribution in [0.25, 0.3) is 0 Å². The summed E-state index contributed by atoms with van der Waals surface area (Å²) in [6, 6.07) is 11.7. The van der Waals surface area contributed by atoms with Crippen molar-refractivity contribution in [3.05, 3.63) is 90.3 Å². The Hall–Kier alpha value is -4.44. The molecule has 2 aromatic heterocycles. The highest BCUT2D eigenvalue weighted by Gasteiger charge is 2.17. The van der Waals surface area contributed by atoms with E-state index in [1.165, 1.54) is 0 Å².